The molecule has 0 spiro atoms. The highest BCUT2D eigenvalue weighted by Crippen LogP contribution is 2.31. The molecule has 122 valence electrons. The number of unbranched alkanes of at least 4 members (excludes halogenated alkanes) is 2. The van der Waals surface area contributed by atoms with Crippen LogP contribution >= 0.6 is 0 Å². The fourth-order valence-corrected chi connectivity index (χ4v) is 2.24. The molecule has 0 aromatic carbocycles. The Morgan fingerprint density at radius 2 is 1.62 bits per heavy atom. The molecule has 0 aliphatic carbocycles. The minimum Gasteiger partial charge on any atom is -0.330 e. The molecule has 4 N–H and O–H groups in total. The van der Waals surface area contributed by atoms with E-state index in [1.165, 1.54) is 5.57 Å². The molecule has 0 saturated heterocycles. The van der Waals surface area contributed by atoms with Crippen molar-refractivity contribution >= 4 is 0 Å². The van der Waals surface area contributed by atoms with Gasteiger partial charge in [-0.25, -0.2) is 0 Å². The third kappa shape index (κ3) is 8.90. The van der Waals surface area contributed by atoms with Gasteiger partial charge in [0, 0.05) is 11.5 Å². The van der Waals surface area contributed by atoms with Gasteiger partial charge in [0.1, 0.15) is 0 Å². The largest absolute Gasteiger partial charge is 0.330 e. The first-order valence-corrected chi connectivity index (χ1v) is 8.35. The number of hydrogen-bond acceptors (Lipinski definition) is 2. The van der Waals surface area contributed by atoms with Gasteiger partial charge >= 0.3 is 0 Å². The van der Waals surface area contributed by atoms with E-state index in [-0.39, 0.29) is 11.5 Å². The van der Waals surface area contributed by atoms with E-state index in [1.807, 2.05) is 0 Å². The van der Waals surface area contributed by atoms with Crippen molar-refractivity contribution in [1.82, 2.24) is 0 Å². The molecular formula is C19H36N2. The van der Waals surface area contributed by atoms with E-state index in [4.69, 9.17) is 11.5 Å². The van der Waals surface area contributed by atoms with Crippen molar-refractivity contribution in [1.29, 1.82) is 0 Å². The predicted molar refractivity (Wildman–Crippen MR) is 96.2 cm³/mol. The lowest BCUT2D eigenvalue weighted by molar-refractivity contribution is 0.326. The van der Waals surface area contributed by atoms with E-state index < -0.39 is 0 Å². The quantitative estimate of drug-likeness (QED) is 0.428. The lowest BCUT2D eigenvalue weighted by Gasteiger charge is -2.33. The van der Waals surface area contributed by atoms with Crippen molar-refractivity contribution in [3.8, 4) is 0 Å². The predicted octanol–water partition coefficient (Wildman–Crippen LogP) is 4.72. The first-order valence-electron chi connectivity index (χ1n) is 8.35. The molecule has 1 atom stereocenters. The number of allylic oxidation sites excluding steroid dienone is 5. The molecule has 0 aliphatic heterocycles. The zero-order valence-corrected chi connectivity index (χ0v) is 14.6. The second-order valence-electron chi connectivity index (χ2n) is 6.34. The Kier molecular flexibility index (Phi) is 11.3. The molecule has 0 saturated carbocycles. The molecule has 0 heterocycles. The van der Waals surface area contributed by atoms with Gasteiger partial charge in [0.2, 0.25) is 0 Å². The molecule has 0 fully saturated rings. The van der Waals surface area contributed by atoms with Gasteiger partial charge in [-0.15, -0.1) is 0 Å². The summed E-state index contributed by atoms with van der Waals surface area (Å²) in [5, 5.41) is 0. The molecule has 21 heavy (non-hydrogen) atoms. The van der Waals surface area contributed by atoms with E-state index >= 15 is 0 Å². The molecule has 0 aromatic rings. The monoisotopic (exact) mass is 292 g/mol. The standard InChI is InChI=1S/C19H36N2/c1-5-6-7-8-9-10-11-12-14-17(2)19(3,4)18(21)15-13-16-20/h5-6,9-10,14,18H,7-8,11-13,15-16,20-21H2,1-4H3/b6-5+,10-9+,17-14+. The van der Waals surface area contributed by atoms with Crippen molar-refractivity contribution in [3.05, 3.63) is 36.0 Å². The van der Waals surface area contributed by atoms with Crippen LogP contribution < -0.4 is 11.5 Å². The van der Waals surface area contributed by atoms with Gasteiger partial charge in [0.15, 0.2) is 0 Å². The molecule has 0 amide bonds. The summed E-state index contributed by atoms with van der Waals surface area (Å²) in [6.45, 7) is 9.49. The Morgan fingerprint density at radius 1 is 1.05 bits per heavy atom. The van der Waals surface area contributed by atoms with Crippen LogP contribution in [0.25, 0.3) is 0 Å². The van der Waals surface area contributed by atoms with Crippen LogP contribution in [-0.4, -0.2) is 12.6 Å². The Morgan fingerprint density at radius 3 is 2.19 bits per heavy atom. The topological polar surface area (TPSA) is 52.0 Å². The molecule has 2 heteroatoms. The van der Waals surface area contributed by atoms with E-state index in [1.54, 1.807) is 0 Å². The third-order valence-corrected chi connectivity index (χ3v) is 4.35. The summed E-state index contributed by atoms with van der Waals surface area (Å²) in [4.78, 5) is 0. The maximum absolute atomic E-state index is 6.32. The Labute approximate surface area is 132 Å². The van der Waals surface area contributed by atoms with Gasteiger partial charge in [0.05, 0.1) is 0 Å². The van der Waals surface area contributed by atoms with Crippen LogP contribution in [0.15, 0.2) is 36.0 Å². The lowest BCUT2D eigenvalue weighted by Crippen LogP contribution is -2.38. The average Bonchev–Trinajstić information content (AvgIpc) is 2.46. The maximum atomic E-state index is 6.32. The average molecular weight is 293 g/mol. The molecular weight excluding hydrogens is 256 g/mol. The summed E-state index contributed by atoms with van der Waals surface area (Å²) in [6, 6.07) is 0.189. The van der Waals surface area contributed by atoms with E-state index in [0.717, 1.165) is 45.1 Å². The van der Waals surface area contributed by atoms with Gasteiger partial charge in [0.25, 0.3) is 0 Å². The van der Waals surface area contributed by atoms with Crippen molar-refractivity contribution in [2.45, 2.75) is 72.3 Å². The van der Waals surface area contributed by atoms with Gasteiger partial charge in [-0.3, -0.25) is 0 Å². The van der Waals surface area contributed by atoms with E-state index in [2.05, 4.69) is 58.1 Å². The molecule has 0 aliphatic rings. The number of nitrogens with two attached hydrogens (primary N) is 2. The lowest BCUT2D eigenvalue weighted by atomic mass is 9.76. The molecule has 2 nitrogen and oxygen atoms in total. The van der Waals surface area contributed by atoms with Crippen LogP contribution in [0.2, 0.25) is 0 Å². The Bertz CT molecular complexity index is 337. The first-order chi connectivity index (χ1) is 9.96. The third-order valence-electron chi connectivity index (χ3n) is 4.35. The van der Waals surface area contributed by atoms with Crippen molar-refractivity contribution in [3.63, 3.8) is 0 Å². The molecule has 0 rings (SSSR count). The van der Waals surface area contributed by atoms with Crippen molar-refractivity contribution < 1.29 is 0 Å². The molecule has 0 aromatic heterocycles. The summed E-state index contributed by atoms with van der Waals surface area (Å²) >= 11 is 0. The van der Waals surface area contributed by atoms with Crippen molar-refractivity contribution in [2.75, 3.05) is 6.54 Å². The van der Waals surface area contributed by atoms with Crippen LogP contribution in [0.5, 0.6) is 0 Å². The number of rotatable bonds is 11. The SMILES string of the molecule is C/C=C/CC/C=C/CC/C=C(\C)C(C)(C)C(N)CCCN. The molecule has 0 bridgehead atoms. The summed E-state index contributed by atoms with van der Waals surface area (Å²) in [7, 11) is 0. The Balaban J connectivity index is 4.15. The highest BCUT2D eigenvalue weighted by Gasteiger charge is 2.27. The van der Waals surface area contributed by atoms with Crippen LogP contribution in [0.1, 0.15) is 66.2 Å². The van der Waals surface area contributed by atoms with Gasteiger partial charge in [-0.2, -0.15) is 0 Å². The molecule has 0 radical (unpaired) electrons. The Hall–Kier alpha value is -0.860. The van der Waals surface area contributed by atoms with E-state index in [9.17, 15) is 0 Å². The summed E-state index contributed by atoms with van der Waals surface area (Å²) < 4.78 is 0. The van der Waals surface area contributed by atoms with Crippen LogP contribution in [-0.2, 0) is 0 Å². The summed E-state index contributed by atoms with van der Waals surface area (Å²) in [5.74, 6) is 0. The number of hydrogen-bond donors (Lipinski definition) is 2. The maximum Gasteiger partial charge on any atom is 0.0128 e. The fraction of sp³-hybridized carbons (Fsp3) is 0.684. The first kappa shape index (κ1) is 20.1. The van der Waals surface area contributed by atoms with Crippen molar-refractivity contribution in [2.24, 2.45) is 16.9 Å². The molecule has 1 unspecified atom stereocenters. The summed E-state index contributed by atoms with van der Waals surface area (Å²) in [5.41, 5.74) is 13.3. The highest BCUT2D eigenvalue weighted by atomic mass is 14.7. The van der Waals surface area contributed by atoms with E-state index in [0.29, 0.717) is 0 Å². The zero-order valence-electron chi connectivity index (χ0n) is 14.6. The van der Waals surface area contributed by atoms with Crippen LogP contribution in [0.3, 0.4) is 0 Å². The second-order valence-corrected chi connectivity index (χ2v) is 6.34. The second kappa shape index (κ2) is 11.8. The minimum atomic E-state index is 0.0603. The smallest absolute Gasteiger partial charge is 0.0128 e. The van der Waals surface area contributed by atoms with Crippen LogP contribution in [0.4, 0.5) is 0 Å². The van der Waals surface area contributed by atoms with Crippen LogP contribution in [0, 0.1) is 5.41 Å². The summed E-state index contributed by atoms with van der Waals surface area (Å²) in [6.07, 6.45) is 17.7. The van der Waals surface area contributed by atoms with Gasteiger partial charge < -0.3 is 11.5 Å². The highest BCUT2D eigenvalue weighted by molar-refractivity contribution is 5.13. The fourth-order valence-electron chi connectivity index (χ4n) is 2.24. The zero-order chi connectivity index (χ0) is 16.1. The normalized spacial score (nSPS) is 15.2. The minimum absolute atomic E-state index is 0.0603. The van der Waals surface area contributed by atoms with Gasteiger partial charge in [-0.05, 0) is 58.9 Å². The van der Waals surface area contributed by atoms with Gasteiger partial charge in [-0.1, -0.05) is 49.8 Å².